The van der Waals surface area contributed by atoms with E-state index in [4.69, 9.17) is 11.6 Å². The van der Waals surface area contributed by atoms with Gasteiger partial charge in [0.15, 0.2) is 5.65 Å². The van der Waals surface area contributed by atoms with Crippen LogP contribution in [0.15, 0.2) is 53.7 Å². The lowest BCUT2D eigenvalue weighted by molar-refractivity contribution is 0.627. The number of anilines is 2. The summed E-state index contributed by atoms with van der Waals surface area (Å²) in [5.74, 6) is 0.311. The Hall–Kier alpha value is -3.78. The minimum atomic E-state index is -0.416. The number of rotatable bonds is 2. The molecule has 3 aromatic heterocycles. The van der Waals surface area contributed by atoms with Gasteiger partial charge in [-0.3, -0.25) is 14.6 Å². The molecule has 0 saturated heterocycles. The third kappa shape index (κ3) is 2.80. The number of halogens is 2. The van der Waals surface area contributed by atoms with Crippen molar-refractivity contribution in [3.63, 3.8) is 0 Å². The predicted molar refractivity (Wildman–Crippen MR) is 122 cm³/mol. The number of fused-ring (bicyclic) bond motifs is 3. The molecule has 158 valence electrons. The van der Waals surface area contributed by atoms with Gasteiger partial charge < -0.3 is 4.90 Å². The van der Waals surface area contributed by atoms with Crippen molar-refractivity contribution < 1.29 is 4.39 Å². The minimum Gasteiger partial charge on any atom is -0.325 e. The van der Waals surface area contributed by atoms with E-state index < -0.39 is 5.82 Å². The molecule has 1 aliphatic rings. The number of benzene rings is 2. The fraction of sp³-hybridized carbons (Fsp3) is 0.130. The van der Waals surface area contributed by atoms with Crippen LogP contribution < -0.4 is 10.5 Å². The highest BCUT2D eigenvalue weighted by Gasteiger charge is 2.25. The zero-order chi connectivity index (χ0) is 22.0. The molecule has 0 spiro atoms. The van der Waals surface area contributed by atoms with Crippen LogP contribution in [0.1, 0.15) is 5.56 Å². The van der Waals surface area contributed by atoms with Gasteiger partial charge in [0.05, 0.1) is 15.9 Å². The lowest BCUT2D eigenvalue weighted by Gasteiger charge is -2.20. The van der Waals surface area contributed by atoms with E-state index in [0.717, 1.165) is 39.1 Å². The standard InChI is InChI=1S/C23H16ClFN6O/c1-30-23(32)16-7-14(10-26-21(16)29-30)12-2-3-19-15(6-12)22(28-11-27-19)31-5-4-13-8-18(25)17(24)9-20(13)31/h2-3,6-11H,4-5H2,1H3,(H,26,29). The van der Waals surface area contributed by atoms with E-state index in [1.54, 1.807) is 19.3 Å². The predicted octanol–water partition coefficient (Wildman–Crippen LogP) is 4.36. The third-order valence-electron chi connectivity index (χ3n) is 5.92. The SMILES string of the molecule is Cn1[nH]c2ncc(-c3ccc4ncnc(N5CCc6cc(F)c(Cl)cc65)c4c3)cc2c1=O. The summed E-state index contributed by atoms with van der Waals surface area (Å²) in [7, 11) is 1.66. The van der Waals surface area contributed by atoms with Gasteiger partial charge in [0.25, 0.3) is 5.56 Å². The first-order chi connectivity index (χ1) is 15.5. The Kier molecular flexibility index (Phi) is 4.06. The van der Waals surface area contributed by atoms with E-state index in [0.29, 0.717) is 24.0 Å². The highest BCUT2D eigenvalue weighted by molar-refractivity contribution is 6.31. The van der Waals surface area contributed by atoms with Crippen LogP contribution >= 0.6 is 11.6 Å². The summed E-state index contributed by atoms with van der Waals surface area (Å²) in [5, 5.41) is 4.39. The zero-order valence-corrected chi connectivity index (χ0v) is 17.7. The van der Waals surface area contributed by atoms with E-state index in [1.807, 2.05) is 29.2 Å². The second kappa shape index (κ2) is 6.86. The second-order valence-corrected chi connectivity index (χ2v) is 8.23. The maximum atomic E-state index is 13.9. The van der Waals surface area contributed by atoms with Gasteiger partial charge in [0.2, 0.25) is 0 Å². The van der Waals surface area contributed by atoms with E-state index in [-0.39, 0.29) is 10.6 Å². The van der Waals surface area contributed by atoms with Gasteiger partial charge in [-0.05, 0) is 47.9 Å². The topological polar surface area (TPSA) is 79.7 Å². The summed E-state index contributed by atoms with van der Waals surface area (Å²) in [6.45, 7) is 0.665. The Morgan fingerprint density at radius 1 is 1.06 bits per heavy atom. The van der Waals surface area contributed by atoms with Crippen LogP contribution in [0.25, 0.3) is 33.1 Å². The Morgan fingerprint density at radius 3 is 2.78 bits per heavy atom. The van der Waals surface area contributed by atoms with Crippen LogP contribution in [0.5, 0.6) is 0 Å². The fourth-order valence-corrected chi connectivity index (χ4v) is 4.46. The van der Waals surface area contributed by atoms with Gasteiger partial charge in [0.1, 0.15) is 18.0 Å². The molecule has 1 N–H and O–H groups in total. The molecule has 4 heterocycles. The van der Waals surface area contributed by atoms with E-state index in [1.165, 1.54) is 17.1 Å². The number of aromatic nitrogens is 5. The smallest absolute Gasteiger partial charge is 0.275 e. The quantitative estimate of drug-likeness (QED) is 0.436. The zero-order valence-electron chi connectivity index (χ0n) is 16.9. The Labute approximate surface area is 186 Å². The molecule has 1 aliphatic heterocycles. The monoisotopic (exact) mass is 446 g/mol. The van der Waals surface area contributed by atoms with Crippen molar-refractivity contribution in [2.45, 2.75) is 6.42 Å². The normalized spacial score (nSPS) is 13.3. The maximum Gasteiger partial charge on any atom is 0.275 e. The molecule has 32 heavy (non-hydrogen) atoms. The molecule has 0 fully saturated rings. The summed E-state index contributed by atoms with van der Waals surface area (Å²) in [6, 6.07) is 10.8. The molecule has 0 bridgehead atoms. The van der Waals surface area contributed by atoms with Crippen molar-refractivity contribution in [2.24, 2.45) is 7.05 Å². The summed E-state index contributed by atoms with van der Waals surface area (Å²) in [5.41, 5.74) is 4.65. The molecule has 2 aromatic carbocycles. The molecule has 0 unspecified atom stereocenters. The van der Waals surface area contributed by atoms with E-state index >= 15 is 0 Å². The molecule has 0 saturated carbocycles. The highest BCUT2D eigenvalue weighted by atomic mass is 35.5. The number of hydrogen-bond donors (Lipinski definition) is 1. The average molecular weight is 447 g/mol. The first kappa shape index (κ1) is 18.9. The molecule has 5 aromatic rings. The van der Waals surface area contributed by atoms with Crippen LogP contribution in [0.4, 0.5) is 15.9 Å². The molecule has 0 aliphatic carbocycles. The van der Waals surface area contributed by atoms with Crippen molar-refractivity contribution in [3.05, 3.63) is 75.7 Å². The maximum absolute atomic E-state index is 13.9. The van der Waals surface area contributed by atoms with Crippen LogP contribution in [-0.4, -0.2) is 31.3 Å². The fourth-order valence-electron chi connectivity index (χ4n) is 4.30. The largest absolute Gasteiger partial charge is 0.325 e. The van der Waals surface area contributed by atoms with Crippen LogP contribution in [0.3, 0.4) is 0 Å². The number of nitrogens with zero attached hydrogens (tertiary/aromatic N) is 5. The lowest BCUT2D eigenvalue weighted by Crippen LogP contribution is -2.15. The number of aromatic amines is 1. The van der Waals surface area contributed by atoms with Gasteiger partial charge in [-0.2, -0.15) is 0 Å². The molecular weight excluding hydrogens is 431 g/mol. The van der Waals surface area contributed by atoms with Crippen molar-refractivity contribution in [2.75, 3.05) is 11.4 Å². The molecule has 0 atom stereocenters. The number of nitrogens with one attached hydrogen (secondary N) is 1. The van der Waals surface area contributed by atoms with Crippen molar-refractivity contribution in [1.29, 1.82) is 0 Å². The Bertz CT molecular complexity index is 1610. The molecule has 7 nitrogen and oxygen atoms in total. The minimum absolute atomic E-state index is 0.0853. The number of hydrogen-bond acceptors (Lipinski definition) is 5. The second-order valence-electron chi connectivity index (χ2n) is 7.82. The van der Waals surface area contributed by atoms with E-state index in [2.05, 4.69) is 20.1 Å². The summed E-state index contributed by atoms with van der Waals surface area (Å²) in [4.78, 5) is 27.7. The van der Waals surface area contributed by atoms with Crippen molar-refractivity contribution in [1.82, 2.24) is 24.7 Å². The summed E-state index contributed by atoms with van der Waals surface area (Å²) < 4.78 is 15.3. The van der Waals surface area contributed by atoms with Crippen LogP contribution in [-0.2, 0) is 13.5 Å². The summed E-state index contributed by atoms with van der Waals surface area (Å²) in [6.07, 6.45) is 3.96. The third-order valence-corrected chi connectivity index (χ3v) is 6.21. The van der Waals surface area contributed by atoms with Gasteiger partial charge in [0, 0.05) is 36.4 Å². The molecule has 6 rings (SSSR count). The first-order valence-corrected chi connectivity index (χ1v) is 10.4. The number of aryl methyl sites for hydroxylation is 1. The van der Waals surface area contributed by atoms with Crippen LogP contribution in [0.2, 0.25) is 5.02 Å². The first-order valence-electron chi connectivity index (χ1n) is 10.0. The molecular formula is C23H16ClFN6O. The Morgan fingerprint density at radius 2 is 1.91 bits per heavy atom. The van der Waals surface area contributed by atoms with E-state index in [9.17, 15) is 9.18 Å². The molecule has 9 heteroatoms. The number of H-pyrrole nitrogens is 1. The van der Waals surface area contributed by atoms with Gasteiger partial charge in [-0.15, -0.1) is 0 Å². The molecule has 0 amide bonds. The van der Waals surface area contributed by atoms with Gasteiger partial charge >= 0.3 is 0 Å². The Balaban J connectivity index is 1.51. The summed E-state index contributed by atoms with van der Waals surface area (Å²) >= 11 is 6.06. The van der Waals surface area contributed by atoms with Crippen molar-refractivity contribution >= 4 is 45.0 Å². The van der Waals surface area contributed by atoms with Gasteiger partial charge in [-0.1, -0.05) is 17.7 Å². The highest BCUT2D eigenvalue weighted by Crippen LogP contribution is 2.39. The molecule has 0 radical (unpaired) electrons. The lowest BCUT2D eigenvalue weighted by atomic mass is 10.0. The van der Waals surface area contributed by atoms with Gasteiger partial charge in [-0.25, -0.2) is 19.3 Å². The van der Waals surface area contributed by atoms with Crippen LogP contribution in [0, 0.1) is 5.82 Å². The van der Waals surface area contributed by atoms with Crippen molar-refractivity contribution in [3.8, 4) is 11.1 Å². The number of pyridine rings is 1. The average Bonchev–Trinajstić information content (AvgIpc) is 3.33.